The number of benzene rings is 1. The van der Waals surface area contributed by atoms with Crippen molar-refractivity contribution in [3.63, 3.8) is 0 Å². The van der Waals surface area contributed by atoms with Gasteiger partial charge in [-0.05, 0) is 37.5 Å². The van der Waals surface area contributed by atoms with Crippen LogP contribution in [0.3, 0.4) is 0 Å². The minimum Gasteiger partial charge on any atom is -0.490 e. The summed E-state index contributed by atoms with van der Waals surface area (Å²) < 4.78 is 40.6. The molecule has 0 radical (unpaired) electrons. The Hall–Kier alpha value is -0.330. The Kier molecular flexibility index (Phi) is 6.38. The van der Waals surface area contributed by atoms with E-state index in [1.165, 1.54) is 6.07 Å². The van der Waals surface area contributed by atoms with Crippen LogP contribution < -0.4 is 4.74 Å². The smallest absolute Gasteiger partial charge is 0.232 e. The Morgan fingerprint density at radius 2 is 2.00 bits per heavy atom. The van der Waals surface area contributed by atoms with Crippen LogP contribution in [0.4, 0.5) is 4.39 Å². The van der Waals surface area contributed by atoms with Gasteiger partial charge in [0.05, 0.1) is 12.4 Å². The van der Waals surface area contributed by atoms with Crippen molar-refractivity contribution < 1.29 is 17.5 Å². The summed E-state index contributed by atoms with van der Waals surface area (Å²) in [5.74, 6) is -0.268. The van der Waals surface area contributed by atoms with E-state index < -0.39 is 14.9 Å². The third kappa shape index (κ3) is 6.56. The number of rotatable bonds is 7. The van der Waals surface area contributed by atoms with Crippen molar-refractivity contribution in [1.29, 1.82) is 0 Å². The summed E-state index contributed by atoms with van der Waals surface area (Å²) in [7, 11) is 1.66. The SMILES string of the molecule is O=S(=O)(Cl)CCCCCOc1cc(Br)ccc1F. The van der Waals surface area contributed by atoms with E-state index in [1.807, 2.05) is 0 Å². The average molecular weight is 360 g/mol. The molecule has 0 spiro atoms. The number of ether oxygens (including phenoxy) is 1. The van der Waals surface area contributed by atoms with E-state index in [2.05, 4.69) is 15.9 Å². The van der Waals surface area contributed by atoms with Crippen LogP contribution >= 0.6 is 26.6 Å². The highest BCUT2D eigenvalue weighted by atomic mass is 79.9. The molecule has 0 aliphatic heterocycles. The van der Waals surface area contributed by atoms with E-state index >= 15 is 0 Å². The maximum Gasteiger partial charge on any atom is 0.232 e. The topological polar surface area (TPSA) is 43.4 Å². The van der Waals surface area contributed by atoms with Gasteiger partial charge < -0.3 is 4.74 Å². The van der Waals surface area contributed by atoms with Gasteiger partial charge in [0, 0.05) is 15.2 Å². The highest BCUT2D eigenvalue weighted by Gasteiger charge is 2.05. The molecule has 3 nitrogen and oxygen atoms in total. The highest BCUT2D eigenvalue weighted by Crippen LogP contribution is 2.22. The molecule has 1 aromatic rings. The third-order valence-electron chi connectivity index (χ3n) is 2.18. The average Bonchev–Trinajstić information content (AvgIpc) is 2.26. The van der Waals surface area contributed by atoms with Crippen LogP contribution in [0.2, 0.25) is 0 Å². The van der Waals surface area contributed by atoms with Gasteiger partial charge in [-0.15, -0.1) is 0 Å². The molecule has 0 unspecified atom stereocenters. The molecule has 0 saturated carbocycles. The Balaban J connectivity index is 2.24. The van der Waals surface area contributed by atoms with E-state index in [1.54, 1.807) is 12.1 Å². The standard InChI is InChI=1S/C11H13BrClFO3S/c12-9-4-5-10(14)11(8-9)17-6-2-1-3-7-18(13,15)16/h4-5,8H,1-3,6-7H2. The van der Waals surface area contributed by atoms with Crippen molar-refractivity contribution in [3.05, 3.63) is 28.5 Å². The number of halogens is 3. The summed E-state index contributed by atoms with van der Waals surface area (Å²) in [6, 6.07) is 4.46. The first kappa shape index (κ1) is 15.7. The summed E-state index contributed by atoms with van der Waals surface area (Å²) in [5.41, 5.74) is 0. The number of hydrogen-bond acceptors (Lipinski definition) is 3. The lowest BCUT2D eigenvalue weighted by Crippen LogP contribution is -2.01. The summed E-state index contributed by atoms with van der Waals surface area (Å²) in [4.78, 5) is 0. The lowest BCUT2D eigenvalue weighted by Gasteiger charge is -2.07. The fourth-order valence-corrected chi connectivity index (χ4v) is 2.54. The Bertz CT molecular complexity index is 493. The lowest BCUT2D eigenvalue weighted by molar-refractivity contribution is 0.291. The third-order valence-corrected chi connectivity index (χ3v) is 3.92. The molecular formula is C11H13BrClFO3S. The molecule has 0 amide bonds. The maximum atomic E-state index is 13.3. The fourth-order valence-electron chi connectivity index (χ4n) is 1.32. The van der Waals surface area contributed by atoms with Crippen LogP contribution in [0, 0.1) is 5.82 Å². The molecular weight excluding hydrogens is 347 g/mol. The molecule has 102 valence electrons. The van der Waals surface area contributed by atoms with Crippen molar-refractivity contribution in [3.8, 4) is 5.75 Å². The minimum absolute atomic E-state index is 0.0419. The summed E-state index contributed by atoms with van der Waals surface area (Å²) in [6.45, 7) is 0.343. The molecule has 7 heteroatoms. The Morgan fingerprint density at radius 3 is 2.67 bits per heavy atom. The van der Waals surface area contributed by atoms with Gasteiger partial charge in [0.1, 0.15) is 0 Å². The molecule has 0 N–H and O–H groups in total. The second kappa shape index (κ2) is 7.31. The van der Waals surface area contributed by atoms with Gasteiger partial charge in [-0.2, -0.15) is 0 Å². The zero-order valence-corrected chi connectivity index (χ0v) is 12.7. The van der Waals surface area contributed by atoms with Gasteiger partial charge in [0.15, 0.2) is 11.6 Å². The molecule has 0 atom stereocenters. The molecule has 18 heavy (non-hydrogen) atoms. The lowest BCUT2D eigenvalue weighted by atomic mass is 10.2. The first-order valence-electron chi connectivity index (χ1n) is 5.39. The van der Waals surface area contributed by atoms with Crippen molar-refractivity contribution in [1.82, 2.24) is 0 Å². The molecule has 1 rings (SSSR count). The predicted octanol–water partition coefficient (Wildman–Crippen LogP) is 3.71. The summed E-state index contributed by atoms with van der Waals surface area (Å²) in [6.07, 6.45) is 1.80. The predicted molar refractivity (Wildman–Crippen MR) is 73.1 cm³/mol. The van der Waals surface area contributed by atoms with Crippen LogP contribution in [0.5, 0.6) is 5.75 Å². The van der Waals surface area contributed by atoms with Gasteiger partial charge in [-0.3, -0.25) is 0 Å². The van der Waals surface area contributed by atoms with E-state index in [-0.39, 0.29) is 11.5 Å². The molecule has 0 saturated heterocycles. The number of unbranched alkanes of at least 4 members (excludes halogenated alkanes) is 2. The fraction of sp³-hybridized carbons (Fsp3) is 0.455. The van der Waals surface area contributed by atoms with E-state index in [0.717, 1.165) is 4.47 Å². The molecule has 0 heterocycles. The maximum absolute atomic E-state index is 13.3. The van der Waals surface area contributed by atoms with Crippen LogP contribution in [0.1, 0.15) is 19.3 Å². The van der Waals surface area contributed by atoms with Crippen molar-refractivity contribution in [2.75, 3.05) is 12.4 Å². The molecule has 0 aliphatic rings. The van der Waals surface area contributed by atoms with Crippen molar-refractivity contribution >= 4 is 35.7 Å². The monoisotopic (exact) mass is 358 g/mol. The number of hydrogen-bond donors (Lipinski definition) is 0. The van der Waals surface area contributed by atoms with Crippen LogP contribution in [-0.2, 0) is 9.05 Å². The van der Waals surface area contributed by atoms with Gasteiger partial charge in [0.25, 0.3) is 0 Å². The minimum atomic E-state index is -3.41. The Morgan fingerprint density at radius 1 is 1.28 bits per heavy atom. The Labute approximate surface area is 119 Å². The molecule has 0 aliphatic carbocycles. The van der Waals surface area contributed by atoms with Gasteiger partial charge >= 0.3 is 0 Å². The van der Waals surface area contributed by atoms with Crippen LogP contribution in [-0.4, -0.2) is 20.8 Å². The zero-order valence-electron chi connectivity index (χ0n) is 9.53. The summed E-state index contributed by atoms with van der Waals surface area (Å²) in [5, 5.41) is 0. The second-order valence-electron chi connectivity index (χ2n) is 3.73. The van der Waals surface area contributed by atoms with Gasteiger partial charge in [-0.25, -0.2) is 12.8 Å². The van der Waals surface area contributed by atoms with Crippen LogP contribution in [0.15, 0.2) is 22.7 Å². The molecule has 0 aromatic heterocycles. The van der Waals surface area contributed by atoms with Crippen LogP contribution in [0.25, 0.3) is 0 Å². The summed E-state index contributed by atoms with van der Waals surface area (Å²) >= 11 is 3.22. The van der Waals surface area contributed by atoms with E-state index in [4.69, 9.17) is 15.4 Å². The largest absolute Gasteiger partial charge is 0.490 e. The van der Waals surface area contributed by atoms with E-state index in [9.17, 15) is 12.8 Å². The van der Waals surface area contributed by atoms with Crippen molar-refractivity contribution in [2.24, 2.45) is 0 Å². The quantitative estimate of drug-likeness (QED) is 0.550. The zero-order chi connectivity index (χ0) is 13.6. The second-order valence-corrected chi connectivity index (χ2v) is 7.54. The first-order valence-corrected chi connectivity index (χ1v) is 8.66. The highest BCUT2D eigenvalue weighted by molar-refractivity contribution is 9.10. The van der Waals surface area contributed by atoms with Gasteiger partial charge in [0.2, 0.25) is 9.05 Å². The molecule has 1 aromatic carbocycles. The first-order chi connectivity index (χ1) is 8.38. The van der Waals surface area contributed by atoms with Gasteiger partial charge in [-0.1, -0.05) is 15.9 Å². The van der Waals surface area contributed by atoms with Crippen molar-refractivity contribution in [2.45, 2.75) is 19.3 Å². The van der Waals surface area contributed by atoms with E-state index in [0.29, 0.717) is 25.9 Å². The molecule has 0 fully saturated rings. The molecule has 0 bridgehead atoms. The normalized spacial score (nSPS) is 11.5.